The zero-order chi connectivity index (χ0) is 24.6. The Morgan fingerprint density at radius 3 is 0.853 bits per heavy atom. The maximum absolute atomic E-state index is 8.55. The van der Waals surface area contributed by atoms with Gasteiger partial charge in [0, 0.05) is 6.61 Å². The highest BCUT2D eigenvalue weighted by Gasteiger charge is 1.95. The number of aliphatic hydroxyl groups is 1. The van der Waals surface area contributed by atoms with Crippen LogP contribution in [0.15, 0.2) is 0 Å². The fraction of sp³-hybridized carbons (Fsp3) is 1.00. The van der Waals surface area contributed by atoms with E-state index in [1.165, 1.54) is 19.3 Å². The third kappa shape index (κ3) is 31.6. The maximum atomic E-state index is 8.55. The molecule has 0 atom stereocenters. The Morgan fingerprint density at radius 1 is 0.324 bits per heavy atom. The van der Waals surface area contributed by atoms with E-state index < -0.39 is 0 Å². The minimum Gasteiger partial charge on any atom is -0.394 e. The fourth-order valence-corrected chi connectivity index (χ4v) is 2.56. The van der Waals surface area contributed by atoms with Gasteiger partial charge in [0.15, 0.2) is 0 Å². The molecule has 0 aromatic heterocycles. The van der Waals surface area contributed by atoms with Gasteiger partial charge in [0.2, 0.25) is 0 Å². The molecule has 10 heteroatoms. The maximum Gasteiger partial charge on any atom is 0.0701 e. The van der Waals surface area contributed by atoms with Crippen LogP contribution in [0.4, 0.5) is 0 Å². The molecular weight excluding hydrogens is 448 g/mol. The first-order valence-electron chi connectivity index (χ1n) is 12.7. The molecule has 0 heterocycles. The first kappa shape index (κ1) is 33.6. The topological polar surface area (TPSA) is 103 Å². The molecule has 0 aliphatic heterocycles. The van der Waals surface area contributed by atoms with Gasteiger partial charge in [-0.1, -0.05) is 26.2 Å². The van der Waals surface area contributed by atoms with E-state index in [1.54, 1.807) is 0 Å². The Labute approximate surface area is 206 Å². The molecule has 0 aromatic carbocycles. The zero-order valence-electron chi connectivity index (χ0n) is 21.4. The van der Waals surface area contributed by atoms with Gasteiger partial charge in [-0.05, 0) is 6.42 Å². The van der Waals surface area contributed by atoms with Crippen molar-refractivity contribution in [3.63, 3.8) is 0 Å². The van der Waals surface area contributed by atoms with Crippen molar-refractivity contribution in [2.45, 2.75) is 32.6 Å². The van der Waals surface area contributed by atoms with Crippen LogP contribution in [-0.4, -0.2) is 131 Å². The molecule has 0 spiro atoms. The molecule has 0 saturated heterocycles. The Morgan fingerprint density at radius 2 is 0.588 bits per heavy atom. The lowest BCUT2D eigenvalue weighted by molar-refractivity contribution is -0.0255. The van der Waals surface area contributed by atoms with Crippen molar-refractivity contribution in [1.29, 1.82) is 0 Å². The summed E-state index contributed by atoms with van der Waals surface area (Å²) in [5.41, 5.74) is 0. The van der Waals surface area contributed by atoms with Crippen molar-refractivity contribution < 1.29 is 47.7 Å². The van der Waals surface area contributed by atoms with Crippen molar-refractivity contribution in [1.82, 2.24) is 0 Å². The second kappa shape index (κ2) is 32.6. The molecule has 0 aliphatic rings. The number of aliphatic hydroxyl groups excluding tert-OH is 1. The monoisotopic (exact) mass is 498 g/mol. The van der Waals surface area contributed by atoms with Crippen LogP contribution in [0.3, 0.4) is 0 Å². The molecule has 0 aromatic rings. The second-order valence-corrected chi connectivity index (χ2v) is 7.30. The molecule has 0 saturated carbocycles. The standard InChI is InChI=1S/C24H50O10/c1-2-3-4-5-7-26-9-11-28-13-15-30-17-19-32-21-23-34-24-22-33-20-18-31-16-14-29-12-10-27-8-6-25/h25H,2-24H2,1H3. The smallest absolute Gasteiger partial charge is 0.0701 e. The van der Waals surface area contributed by atoms with Gasteiger partial charge in [-0.2, -0.15) is 0 Å². The summed E-state index contributed by atoms with van der Waals surface area (Å²) in [7, 11) is 0. The van der Waals surface area contributed by atoms with Crippen LogP contribution >= 0.6 is 0 Å². The third-order valence-electron chi connectivity index (χ3n) is 4.35. The molecule has 1 N–H and O–H groups in total. The van der Waals surface area contributed by atoms with Crippen molar-refractivity contribution in [3.05, 3.63) is 0 Å². The zero-order valence-corrected chi connectivity index (χ0v) is 21.4. The van der Waals surface area contributed by atoms with Gasteiger partial charge in [0.05, 0.1) is 119 Å². The first-order valence-corrected chi connectivity index (χ1v) is 12.7. The van der Waals surface area contributed by atoms with E-state index in [4.69, 9.17) is 47.7 Å². The van der Waals surface area contributed by atoms with Gasteiger partial charge in [-0.3, -0.25) is 0 Å². The number of hydrogen-bond acceptors (Lipinski definition) is 10. The minimum absolute atomic E-state index is 0.0324. The highest BCUT2D eigenvalue weighted by atomic mass is 16.6. The number of ether oxygens (including phenoxy) is 9. The minimum atomic E-state index is 0.0324. The molecule has 0 unspecified atom stereocenters. The van der Waals surface area contributed by atoms with Crippen LogP contribution in [-0.2, 0) is 42.6 Å². The summed E-state index contributed by atoms with van der Waals surface area (Å²) in [5.74, 6) is 0. The molecule has 0 radical (unpaired) electrons. The third-order valence-corrected chi connectivity index (χ3v) is 4.35. The van der Waals surface area contributed by atoms with Crippen LogP contribution < -0.4 is 0 Å². The lowest BCUT2D eigenvalue weighted by atomic mass is 10.2. The average molecular weight is 499 g/mol. The second-order valence-electron chi connectivity index (χ2n) is 7.30. The molecular formula is C24H50O10. The van der Waals surface area contributed by atoms with Crippen molar-refractivity contribution >= 4 is 0 Å². The molecule has 206 valence electrons. The van der Waals surface area contributed by atoms with Crippen LogP contribution in [0.25, 0.3) is 0 Å². The molecule has 0 amide bonds. The van der Waals surface area contributed by atoms with Crippen LogP contribution in [0, 0.1) is 0 Å². The van der Waals surface area contributed by atoms with Gasteiger partial charge in [0.1, 0.15) is 0 Å². The summed E-state index contributed by atoms with van der Waals surface area (Å²) in [6.45, 7) is 12.0. The largest absolute Gasteiger partial charge is 0.394 e. The summed E-state index contributed by atoms with van der Waals surface area (Å²) >= 11 is 0. The van der Waals surface area contributed by atoms with E-state index in [-0.39, 0.29) is 6.61 Å². The summed E-state index contributed by atoms with van der Waals surface area (Å²) in [4.78, 5) is 0. The fourth-order valence-electron chi connectivity index (χ4n) is 2.56. The summed E-state index contributed by atoms with van der Waals surface area (Å²) in [6.07, 6.45) is 4.91. The summed E-state index contributed by atoms with van der Waals surface area (Å²) in [5, 5.41) is 8.55. The van der Waals surface area contributed by atoms with Crippen LogP contribution in [0.2, 0.25) is 0 Å². The Hall–Kier alpha value is -0.400. The Kier molecular flexibility index (Phi) is 32.2. The highest BCUT2D eigenvalue weighted by Crippen LogP contribution is 1.98. The van der Waals surface area contributed by atoms with Gasteiger partial charge >= 0.3 is 0 Å². The molecule has 0 fully saturated rings. The normalized spacial score (nSPS) is 11.5. The van der Waals surface area contributed by atoms with Gasteiger partial charge in [0.25, 0.3) is 0 Å². The number of unbranched alkanes of at least 4 members (excludes halogenated alkanes) is 3. The van der Waals surface area contributed by atoms with Gasteiger partial charge in [-0.25, -0.2) is 0 Å². The van der Waals surface area contributed by atoms with Crippen molar-refractivity contribution in [2.75, 3.05) is 126 Å². The Balaban J connectivity index is 2.99. The highest BCUT2D eigenvalue weighted by molar-refractivity contribution is 4.40. The van der Waals surface area contributed by atoms with E-state index in [0.717, 1.165) is 13.0 Å². The molecule has 10 nitrogen and oxygen atoms in total. The molecule has 34 heavy (non-hydrogen) atoms. The predicted octanol–water partition coefficient (Wildman–Crippen LogP) is 1.71. The van der Waals surface area contributed by atoms with Crippen molar-refractivity contribution in [2.24, 2.45) is 0 Å². The van der Waals surface area contributed by atoms with E-state index in [1.807, 2.05) is 0 Å². The van der Waals surface area contributed by atoms with Crippen LogP contribution in [0.1, 0.15) is 32.6 Å². The molecule has 0 rings (SSSR count). The molecule has 0 aliphatic carbocycles. The van der Waals surface area contributed by atoms with E-state index >= 15 is 0 Å². The van der Waals surface area contributed by atoms with Gasteiger partial charge < -0.3 is 47.7 Å². The first-order chi connectivity index (χ1) is 16.9. The average Bonchev–Trinajstić information content (AvgIpc) is 2.85. The predicted molar refractivity (Wildman–Crippen MR) is 129 cm³/mol. The van der Waals surface area contributed by atoms with E-state index in [9.17, 15) is 0 Å². The van der Waals surface area contributed by atoms with E-state index in [2.05, 4.69) is 6.92 Å². The van der Waals surface area contributed by atoms with Crippen molar-refractivity contribution in [3.8, 4) is 0 Å². The summed E-state index contributed by atoms with van der Waals surface area (Å²) in [6, 6.07) is 0. The van der Waals surface area contributed by atoms with Gasteiger partial charge in [-0.15, -0.1) is 0 Å². The number of hydrogen-bond donors (Lipinski definition) is 1. The summed E-state index contributed by atoms with van der Waals surface area (Å²) < 4.78 is 48.5. The molecule has 0 bridgehead atoms. The lowest BCUT2D eigenvalue weighted by Gasteiger charge is -2.08. The number of rotatable bonds is 31. The SMILES string of the molecule is CCCCCCOCCOCCOCCOCCOCCOCCOCCOCCOCCO. The quantitative estimate of drug-likeness (QED) is 0.142. The Bertz CT molecular complexity index is 318. The lowest BCUT2D eigenvalue weighted by Crippen LogP contribution is -2.15. The van der Waals surface area contributed by atoms with E-state index in [0.29, 0.717) is 112 Å². The van der Waals surface area contributed by atoms with Crippen LogP contribution in [0.5, 0.6) is 0 Å².